The Morgan fingerprint density at radius 3 is 2.84 bits per heavy atom. The molecule has 0 aliphatic rings. The molecule has 0 fully saturated rings. The minimum absolute atomic E-state index is 0. The molecule has 0 saturated heterocycles. The fraction of sp³-hybridized carbons (Fsp3) is 0.444. The van der Waals surface area contributed by atoms with Gasteiger partial charge in [0.1, 0.15) is 0 Å². The standard InChI is InChI=1S/C18H27N5O.HI/c1-4-20-18(22-15(2)13-24-3)21-11-16-6-5-7-17(10-16)12-23-9-8-19-14-23;/h5-10,14-15H,4,11-13H2,1-3H3,(H2,20,21,22);1H. The van der Waals surface area contributed by atoms with Crippen molar-refractivity contribution in [2.75, 3.05) is 20.3 Å². The summed E-state index contributed by atoms with van der Waals surface area (Å²) in [6, 6.07) is 8.69. The number of nitrogens with zero attached hydrogens (tertiary/aromatic N) is 3. The molecule has 2 N–H and O–H groups in total. The summed E-state index contributed by atoms with van der Waals surface area (Å²) in [5.74, 6) is 0.807. The molecule has 7 heteroatoms. The van der Waals surface area contributed by atoms with Crippen molar-refractivity contribution in [2.24, 2.45) is 4.99 Å². The second-order valence-electron chi connectivity index (χ2n) is 5.75. The lowest BCUT2D eigenvalue weighted by molar-refractivity contribution is 0.179. The normalized spacial score (nSPS) is 12.4. The van der Waals surface area contributed by atoms with Gasteiger partial charge in [0.15, 0.2) is 5.96 Å². The molecule has 0 aliphatic carbocycles. The summed E-state index contributed by atoms with van der Waals surface area (Å²) >= 11 is 0. The Balaban J connectivity index is 0.00000312. The van der Waals surface area contributed by atoms with Crippen LogP contribution in [0.2, 0.25) is 0 Å². The number of halogens is 1. The van der Waals surface area contributed by atoms with E-state index in [1.165, 1.54) is 11.1 Å². The van der Waals surface area contributed by atoms with Crippen LogP contribution in [0, 0.1) is 0 Å². The van der Waals surface area contributed by atoms with Gasteiger partial charge in [0.05, 0.1) is 19.5 Å². The fourth-order valence-corrected chi connectivity index (χ4v) is 2.43. The SMILES string of the molecule is CCNC(=NCc1cccc(Cn2ccnc2)c1)NC(C)COC.I. The number of rotatable bonds is 8. The predicted octanol–water partition coefficient (Wildman–Crippen LogP) is 2.64. The quantitative estimate of drug-likeness (QED) is 0.364. The topological polar surface area (TPSA) is 63.5 Å². The highest BCUT2D eigenvalue weighted by atomic mass is 127. The molecule has 0 saturated carbocycles. The zero-order valence-corrected chi connectivity index (χ0v) is 17.4. The van der Waals surface area contributed by atoms with Gasteiger partial charge < -0.3 is 19.9 Å². The Hall–Kier alpha value is -1.61. The maximum Gasteiger partial charge on any atom is 0.191 e. The first-order valence-corrected chi connectivity index (χ1v) is 8.28. The molecule has 1 aromatic carbocycles. The molecule has 0 spiro atoms. The van der Waals surface area contributed by atoms with Crippen LogP contribution in [-0.4, -0.2) is 41.8 Å². The molecular weight excluding hydrogens is 429 g/mol. The van der Waals surface area contributed by atoms with Crippen LogP contribution in [0.5, 0.6) is 0 Å². The monoisotopic (exact) mass is 457 g/mol. The van der Waals surface area contributed by atoms with E-state index < -0.39 is 0 Å². The molecular formula is C18H28IN5O. The highest BCUT2D eigenvalue weighted by molar-refractivity contribution is 14.0. The van der Waals surface area contributed by atoms with Crippen LogP contribution in [0.25, 0.3) is 0 Å². The van der Waals surface area contributed by atoms with E-state index in [4.69, 9.17) is 4.74 Å². The van der Waals surface area contributed by atoms with Crippen LogP contribution in [0.4, 0.5) is 0 Å². The highest BCUT2D eigenvalue weighted by Gasteiger charge is 2.04. The number of nitrogens with one attached hydrogen (secondary N) is 2. The zero-order valence-electron chi connectivity index (χ0n) is 15.1. The summed E-state index contributed by atoms with van der Waals surface area (Å²) in [5, 5.41) is 6.61. The Labute approximate surface area is 167 Å². The van der Waals surface area contributed by atoms with Gasteiger partial charge in [0, 0.05) is 38.6 Å². The maximum atomic E-state index is 5.16. The molecule has 25 heavy (non-hydrogen) atoms. The molecule has 0 aliphatic heterocycles. The van der Waals surface area contributed by atoms with Gasteiger partial charge in [0.25, 0.3) is 0 Å². The number of benzene rings is 1. The Kier molecular flexibility index (Phi) is 10.2. The van der Waals surface area contributed by atoms with Crippen molar-refractivity contribution in [3.8, 4) is 0 Å². The molecule has 0 amide bonds. The largest absolute Gasteiger partial charge is 0.383 e. The first-order chi connectivity index (χ1) is 11.7. The van der Waals surface area contributed by atoms with Gasteiger partial charge in [-0.05, 0) is 25.0 Å². The van der Waals surface area contributed by atoms with E-state index in [0.717, 1.165) is 19.0 Å². The zero-order chi connectivity index (χ0) is 17.2. The third kappa shape index (κ3) is 7.87. The van der Waals surface area contributed by atoms with Gasteiger partial charge in [0.2, 0.25) is 0 Å². The summed E-state index contributed by atoms with van der Waals surface area (Å²) in [6.07, 6.45) is 5.59. The number of guanidine groups is 1. The summed E-state index contributed by atoms with van der Waals surface area (Å²) < 4.78 is 7.21. The first kappa shape index (κ1) is 21.4. The van der Waals surface area contributed by atoms with Crippen molar-refractivity contribution >= 4 is 29.9 Å². The molecule has 1 unspecified atom stereocenters. The summed E-state index contributed by atoms with van der Waals surface area (Å²) in [4.78, 5) is 8.74. The molecule has 6 nitrogen and oxygen atoms in total. The molecule has 138 valence electrons. The predicted molar refractivity (Wildman–Crippen MR) is 112 cm³/mol. The molecule has 2 rings (SSSR count). The maximum absolute atomic E-state index is 5.16. The van der Waals surface area contributed by atoms with Crippen LogP contribution in [-0.2, 0) is 17.8 Å². The Morgan fingerprint density at radius 1 is 1.36 bits per heavy atom. The minimum Gasteiger partial charge on any atom is -0.383 e. The average Bonchev–Trinajstić information content (AvgIpc) is 3.06. The average molecular weight is 457 g/mol. The number of aromatic nitrogens is 2. The lowest BCUT2D eigenvalue weighted by atomic mass is 10.1. The van der Waals surface area contributed by atoms with Gasteiger partial charge in [-0.15, -0.1) is 24.0 Å². The van der Waals surface area contributed by atoms with E-state index in [9.17, 15) is 0 Å². The number of aliphatic imine (C=N–C) groups is 1. The van der Waals surface area contributed by atoms with E-state index in [2.05, 4.69) is 63.3 Å². The minimum atomic E-state index is 0. The fourth-order valence-electron chi connectivity index (χ4n) is 2.43. The molecule has 1 atom stereocenters. The number of hydrogen-bond acceptors (Lipinski definition) is 3. The summed E-state index contributed by atoms with van der Waals surface area (Å²) in [5.41, 5.74) is 2.43. The first-order valence-electron chi connectivity index (χ1n) is 8.28. The van der Waals surface area contributed by atoms with Crippen molar-refractivity contribution in [1.29, 1.82) is 0 Å². The molecule has 0 bridgehead atoms. The van der Waals surface area contributed by atoms with E-state index in [1.54, 1.807) is 13.3 Å². The van der Waals surface area contributed by atoms with Gasteiger partial charge in [-0.3, -0.25) is 0 Å². The number of methoxy groups -OCH3 is 1. The van der Waals surface area contributed by atoms with Crippen LogP contribution in [0.15, 0.2) is 48.0 Å². The molecule has 0 radical (unpaired) electrons. The number of imidazole rings is 1. The summed E-state index contributed by atoms with van der Waals surface area (Å²) in [7, 11) is 1.70. The second kappa shape index (κ2) is 11.9. The van der Waals surface area contributed by atoms with Crippen molar-refractivity contribution in [1.82, 2.24) is 20.2 Å². The van der Waals surface area contributed by atoms with Crippen LogP contribution in [0.1, 0.15) is 25.0 Å². The number of ether oxygens (including phenoxy) is 1. The highest BCUT2D eigenvalue weighted by Crippen LogP contribution is 2.08. The molecule has 1 heterocycles. The lowest BCUT2D eigenvalue weighted by Crippen LogP contribution is -2.43. The number of hydrogen-bond donors (Lipinski definition) is 2. The van der Waals surface area contributed by atoms with Gasteiger partial charge in [-0.1, -0.05) is 24.3 Å². The van der Waals surface area contributed by atoms with Crippen molar-refractivity contribution < 1.29 is 4.74 Å². The third-order valence-electron chi connectivity index (χ3n) is 3.48. The van der Waals surface area contributed by atoms with Crippen molar-refractivity contribution in [3.63, 3.8) is 0 Å². The Bertz CT molecular complexity index is 630. The van der Waals surface area contributed by atoms with Crippen molar-refractivity contribution in [3.05, 3.63) is 54.1 Å². The van der Waals surface area contributed by atoms with E-state index in [-0.39, 0.29) is 30.0 Å². The smallest absolute Gasteiger partial charge is 0.191 e. The summed E-state index contributed by atoms with van der Waals surface area (Å²) in [6.45, 7) is 7.05. The second-order valence-corrected chi connectivity index (χ2v) is 5.75. The van der Waals surface area contributed by atoms with E-state index >= 15 is 0 Å². The molecule has 1 aromatic heterocycles. The van der Waals surface area contributed by atoms with Crippen LogP contribution in [0.3, 0.4) is 0 Å². The van der Waals surface area contributed by atoms with Crippen LogP contribution < -0.4 is 10.6 Å². The lowest BCUT2D eigenvalue weighted by Gasteiger charge is -2.17. The van der Waals surface area contributed by atoms with E-state index in [0.29, 0.717) is 13.2 Å². The van der Waals surface area contributed by atoms with Crippen LogP contribution >= 0.6 is 24.0 Å². The third-order valence-corrected chi connectivity index (χ3v) is 3.48. The Morgan fingerprint density at radius 2 is 2.16 bits per heavy atom. The van der Waals surface area contributed by atoms with E-state index in [1.807, 2.05) is 12.5 Å². The molecule has 2 aromatic rings. The van der Waals surface area contributed by atoms with Gasteiger partial charge in [-0.25, -0.2) is 9.98 Å². The van der Waals surface area contributed by atoms with Gasteiger partial charge in [-0.2, -0.15) is 0 Å². The van der Waals surface area contributed by atoms with Gasteiger partial charge >= 0.3 is 0 Å². The van der Waals surface area contributed by atoms with Crippen molar-refractivity contribution in [2.45, 2.75) is 33.0 Å².